The van der Waals surface area contributed by atoms with E-state index >= 15 is 0 Å². The third-order valence-electron chi connectivity index (χ3n) is 4.26. The second-order valence-electron chi connectivity index (χ2n) is 6.18. The van der Waals surface area contributed by atoms with Crippen molar-refractivity contribution in [1.29, 1.82) is 0 Å². The maximum Gasteiger partial charge on any atom is 0.335 e. The summed E-state index contributed by atoms with van der Waals surface area (Å²) in [5.74, 6) is 0.164. The minimum atomic E-state index is -0.792. The van der Waals surface area contributed by atoms with Crippen molar-refractivity contribution in [3.8, 4) is 27.9 Å². The second-order valence-corrected chi connectivity index (χ2v) is 7.58. The third-order valence-corrected chi connectivity index (χ3v) is 5.39. The van der Waals surface area contributed by atoms with Gasteiger partial charge < -0.3 is 9.84 Å². The van der Waals surface area contributed by atoms with Crippen LogP contribution in [0.15, 0.2) is 63.1 Å². The number of nitrogens with one attached hydrogen (secondary N) is 1. The molecule has 2 heterocycles. The summed E-state index contributed by atoms with van der Waals surface area (Å²) >= 11 is 7.07. The van der Waals surface area contributed by atoms with Crippen LogP contribution in [0.5, 0.6) is 11.6 Å². The maximum atomic E-state index is 12.2. The Labute approximate surface area is 183 Å². The number of aromatic hydroxyl groups is 1. The molecule has 0 atom stereocenters. The number of aromatic amines is 1. The van der Waals surface area contributed by atoms with Crippen molar-refractivity contribution in [3.63, 3.8) is 0 Å². The van der Waals surface area contributed by atoms with Crippen LogP contribution in [0.4, 0.5) is 5.13 Å². The molecular formula is C20H14ClN5O4S. The molecule has 0 fully saturated rings. The molecule has 2 aromatic heterocycles. The van der Waals surface area contributed by atoms with Gasteiger partial charge in [0.2, 0.25) is 11.0 Å². The zero-order valence-electron chi connectivity index (χ0n) is 15.9. The lowest BCUT2D eigenvalue weighted by molar-refractivity contribution is 0.415. The normalized spacial score (nSPS) is 11.2. The SMILES string of the molecule is COc1ccc(-c2nnc(N=Cc3c(O)n(-c4ccc(Cl)cc4)c(=O)[nH]c3=O)s2)cc1. The molecule has 0 aliphatic rings. The first-order valence-electron chi connectivity index (χ1n) is 8.82. The number of halogens is 1. The van der Waals surface area contributed by atoms with Gasteiger partial charge in [0.05, 0.1) is 12.8 Å². The van der Waals surface area contributed by atoms with E-state index in [2.05, 4.69) is 20.2 Å². The molecule has 0 bridgehead atoms. The van der Waals surface area contributed by atoms with Crippen molar-refractivity contribution in [2.45, 2.75) is 0 Å². The molecule has 4 aromatic rings. The van der Waals surface area contributed by atoms with Crippen LogP contribution in [0.1, 0.15) is 5.56 Å². The molecule has 2 N–H and O–H groups in total. The number of nitrogens with zero attached hydrogens (tertiary/aromatic N) is 4. The van der Waals surface area contributed by atoms with Gasteiger partial charge in [-0.15, -0.1) is 10.2 Å². The number of ether oxygens (including phenoxy) is 1. The maximum absolute atomic E-state index is 12.2. The topological polar surface area (TPSA) is 122 Å². The van der Waals surface area contributed by atoms with E-state index in [-0.39, 0.29) is 10.7 Å². The number of hydrogen-bond acceptors (Lipinski definition) is 8. The highest BCUT2D eigenvalue weighted by Crippen LogP contribution is 2.29. The Morgan fingerprint density at radius 2 is 1.84 bits per heavy atom. The third kappa shape index (κ3) is 4.25. The Morgan fingerprint density at radius 3 is 2.52 bits per heavy atom. The van der Waals surface area contributed by atoms with E-state index in [1.807, 2.05) is 12.1 Å². The summed E-state index contributed by atoms with van der Waals surface area (Å²) in [4.78, 5) is 30.7. The van der Waals surface area contributed by atoms with Gasteiger partial charge in [0, 0.05) is 16.8 Å². The number of aromatic nitrogens is 4. The molecule has 9 nitrogen and oxygen atoms in total. The summed E-state index contributed by atoms with van der Waals surface area (Å²) in [7, 11) is 1.58. The molecule has 156 valence electrons. The molecule has 0 amide bonds. The highest BCUT2D eigenvalue weighted by Gasteiger charge is 2.15. The molecular weight excluding hydrogens is 442 g/mol. The summed E-state index contributed by atoms with van der Waals surface area (Å²) in [6.45, 7) is 0. The lowest BCUT2D eigenvalue weighted by Gasteiger charge is -2.09. The zero-order chi connectivity index (χ0) is 22.0. The van der Waals surface area contributed by atoms with Gasteiger partial charge in [-0.05, 0) is 48.5 Å². The van der Waals surface area contributed by atoms with Gasteiger partial charge in [-0.2, -0.15) is 0 Å². The first-order chi connectivity index (χ1) is 15.0. The van der Waals surface area contributed by atoms with Crippen LogP contribution in [0, 0.1) is 0 Å². The van der Waals surface area contributed by atoms with E-state index in [0.29, 0.717) is 15.7 Å². The molecule has 0 radical (unpaired) electrons. The van der Waals surface area contributed by atoms with Gasteiger partial charge >= 0.3 is 5.69 Å². The average molecular weight is 456 g/mol. The first-order valence-corrected chi connectivity index (χ1v) is 10.0. The number of aliphatic imine (C=N–C) groups is 1. The average Bonchev–Trinajstić information content (AvgIpc) is 3.24. The molecule has 0 saturated carbocycles. The molecule has 0 saturated heterocycles. The highest BCUT2D eigenvalue weighted by atomic mass is 35.5. The van der Waals surface area contributed by atoms with E-state index in [4.69, 9.17) is 16.3 Å². The molecule has 31 heavy (non-hydrogen) atoms. The fraction of sp³-hybridized carbons (Fsp3) is 0.0500. The van der Waals surface area contributed by atoms with E-state index in [9.17, 15) is 14.7 Å². The molecule has 0 spiro atoms. The van der Waals surface area contributed by atoms with Crippen LogP contribution in [-0.2, 0) is 0 Å². The Bertz CT molecular complexity index is 1370. The lowest BCUT2D eigenvalue weighted by Crippen LogP contribution is -2.31. The van der Waals surface area contributed by atoms with Crippen molar-refractivity contribution < 1.29 is 9.84 Å². The van der Waals surface area contributed by atoms with Crippen LogP contribution in [0.2, 0.25) is 5.02 Å². The van der Waals surface area contributed by atoms with Gasteiger partial charge in [0.25, 0.3) is 5.56 Å². The first kappa shape index (κ1) is 20.5. The molecule has 11 heteroatoms. The molecule has 0 unspecified atom stereocenters. The van der Waals surface area contributed by atoms with E-state index in [1.54, 1.807) is 31.4 Å². The second kappa shape index (κ2) is 8.54. The predicted molar refractivity (Wildman–Crippen MR) is 118 cm³/mol. The van der Waals surface area contributed by atoms with Crippen molar-refractivity contribution in [1.82, 2.24) is 19.7 Å². The Kier molecular flexibility index (Phi) is 5.65. The number of benzene rings is 2. The van der Waals surface area contributed by atoms with E-state index < -0.39 is 17.1 Å². The smallest absolute Gasteiger partial charge is 0.335 e. The minimum Gasteiger partial charge on any atom is -0.497 e. The van der Waals surface area contributed by atoms with E-state index in [0.717, 1.165) is 22.1 Å². The van der Waals surface area contributed by atoms with Gasteiger partial charge in [-0.1, -0.05) is 22.9 Å². The monoisotopic (exact) mass is 455 g/mol. The van der Waals surface area contributed by atoms with Crippen molar-refractivity contribution in [2.24, 2.45) is 4.99 Å². The summed E-state index contributed by atoms with van der Waals surface area (Å²) in [6, 6.07) is 13.5. The summed E-state index contributed by atoms with van der Waals surface area (Å²) in [6.07, 6.45) is 1.14. The number of methoxy groups -OCH3 is 1. The fourth-order valence-corrected chi connectivity index (χ4v) is 3.54. The van der Waals surface area contributed by atoms with Crippen LogP contribution < -0.4 is 16.0 Å². The highest BCUT2D eigenvalue weighted by molar-refractivity contribution is 7.18. The van der Waals surface area contributed by atoms with E-state index in [1.165, 1.54) is 23.5 Å². The van der Waals surface area contributed by atoms with Crippen LogP contribution in [0.3, 0.4) is 0 Å². The van der Waals surface area contributed by atoms with Crippen LogP contribution in [0.25, 0.3) is 16.3 Å². The van der Waals surface area contributed by atoms with Crippen LogP contribution >= 0.6 is 22.9 Å². The summed E-state index contributed by atoms with van der Waals surface area (Å²) in [5.41, 5.74) is -0.612. The standard InChI is InChI=1S/C20H14ClN5O4S/c1-30-14-8-2-11(3-9-14)17-24-25-19(31-17)22-10-15-16(27)23-20(29)26(18(15)28)13-6-4-12(21)5-7-13/h2-10,28H,1H3,(H,23,27,29). The molecule has 4 rings (SSSR count). The number of H-pyrrole nitrogens is 1. The van der Waals surface area contributed by atoms with Crippen molar-refractivity contribution in [2.75, 3.05) is 7.11 Å². The predicted octanol–water partition coefficient (Wildman–Crippen LogP) is 3.16. The quantitative estimate of drug-likeness (QED) is 0.446. The lowest BCUT2D eigenvalue weighted by atomic mass is 10.2. The fourth-order valence-electron chi connectivity index (χ4n) is 2.72. The number of rotatable bonds is 5. The minimum absolute atomic E-state index is 0.198. The Hall–Kier alpha value is -3.76. The molecule has 2 aromatic carbocycles. The van der Waals surface area contributed by atoms with Crippen molar-refractivity contribution >= 4 is 34.3 Å². The van der Waals surface area contributed by atoms with Gasteiger partial charge in [0.1, 0.15) is 16.3 Å². The Morgan fingerprint density at radius 1 is 1.13 bits per heavy atom. The van der Waals surface area contributed by atoms with Gasteiger partial charge in [0.15, 0.2) is 0 Å². The summed E-state index contributed by atoms with van der Waals surface area (Å²) < 4.78 is 6.08. The molecule has 0 aliphatic carbocycles. The number of hydrogen-bond donors (Lipinski definition) is 2. The molecule has 0 aliphatic heterocycles. The van der Waals surface area contributed by atoms with Crippen molar-refractivity contribution in [3.05, 3.63) is 80.0 Å². The Balaban J connectivity index is 1.67. The van der Waals surface area contributed by atoms with Gasteiger partial charge in [-0.3, -0.25) is 9.78 Å². The van der Waals surface area contributed by atoms with Crippen LogP contribution in [-0.4, -0.2) is 38.2 Å². The summed E-state index contributed by atoms with van der Waals surface area (Å²) in [5, 5.41) is 20.0. The largest absolute Gasteiger partial charge is 0.497 e. The zero-order valence-corrected chi connectivity index (χ0v) is 17.5. The van der Waals surface area contributed by atoms with Gasteiger partial charge in [-0.25, -0.2) is 14.4 Å².